The maximum absolute atomic E-state index is 12.3. The Bertz CT molecular complexity index is 441. The largest absolute Gasteiger partial charge is 0.278 e. The van der Waals surface area contributed by atoms with Gasteiger partial charge in [-0.05, 0) is 30.1 Å². The average Bonchev–Trinajstić information content (AvgIpc) is 2.93. The van der Waals surface area contributed by atoms with Crippen molar-refractivity contribution in [2.75, 3.05) is 6.54 Å². The van der Waals surface area contributed by atoms with Gasteiger partial charge in [0.1, 0.15) is 0 Å². The van der Waals surface area contributed by atoms with Gasteiger partial charge in [0.2, 0.25) is 11.8 Å². The number of carbonyl (C=O) groups is 2. The van der Waals surface area contributed by atoms with Crippen molar-refractivity contribution in [2.24, 2.45) is 29.1 Å². The molecule has 3 heteroatoms. The van der Waals surface area contributed by atoms with Gasteiger partial charge in [0.15, 0.2) is 0 Å². The highest BCUT2D eigenvalue weighted by Gasteiger charge is 2.73. The van der Waals surface area contributed by atoms with E-state index in [-0.39, 0.29) is 23.7 Å². The fourth-order valence-electron chi connectivity index (χ4n) is 4.45. The van der Waals surface area contributed by atoms with E-state index in [1.165, 1.54) is 17.7 Å². The molecule has 0 radical (unpaired) electrons. The van der Waals surface area contributed by atoms with Gasteiger partial charge in [-0.25, -0.2) is 0 Å². The third-order valence-electron chi connectivity index (χ3n) is 5.26. The van der Waals surface area contributed by atoms with Gasteiger partial charge in [-0.1, -0.05) is 18.2 Å². The summed E-state index contributed by atoms with van der Waals surface area (Å²) in [6.45, 7) is 3.99. The SMILES string of the molecule is C=CCN1C(=O)[C@@H]2[C@H](C1=O)[C@@H]1C=C[C@H]2C12CC2. The molecular formula is C14H15NO2. The van der Waals surface area contributed by atoms with E-state index < -0.39 is 0 Å². The molecule has 0 aromatic carbocycles. The van der Waals surface area contributed by atoms with Crippen molar-refractivity contribution >= 4 is 11.8 Å². The van der Waals surface area contributed by atoms with Gasteiger partial charge in [-0.2, -0.15) is 0 Å². The molecule has 2 amide bonds. The minimum absolute atomic E-state index is 0.0445. The normalized spacial score (nSPS) is 43.6. The summed E-state index contributed by atoms with van der Waals surface area (Å²) in [5.41, 5.74) is 0.306. The van der Waals surface area contributed by atoms with Crippen LogP contribution in [-0.2, 0) is 9.59 Å². The molecule has 2 saturated carbocycles. The molecule has 1 spiro atoms. The number of imide groups is 1. The summed E-state index contributed by atoms with van der Waals surface area (Å²) in [4.78, 5) is 26.0. The van der Waals surface area contributed by atoms with Crippen molar-refractivity contribution in [1.29, 1.82) is 0 Å². The molecule has 3 fully saturated rings. The van der Waals surface area contributed by atoms with Crippen LogP contribution in [0.5, 0.6) is 0 Å². The van der Waals surface area contributed by atoms with Gasteiger partial charge < -0.3 is 0 Å². The average molecular weight is 229 g/mol. The van der Waals surface area contributed by atoms with Crippen molar-refractivity contribution < 1.29 is 9.59 Å². The van der Waals surface area contributed by atoms with Gasteiger partial charge in [-0.15, -0.1) is 6.58 Å². The zero-order chi connectivity index (χ0) is 11.8. The van der Waals surface area contributed by atoms with E-state index >= 15 is 0 Å². The predicted molar refractivity (Wildman–Crippen MR) is 61.7 cm³/mol. The van der Waals surface area contributed by atoms with E-state index in [0.29, 0.717) is 23.8 Å². The fourth-order valence-corrected chi connectivity index (χ4v) is 4.45. The van der Waals surface area contributed by atoms with Crippen LogP contribution in [0.2, 0.25) is 0 Å². The molecule has 2 bridgehead atoms. The number of nitrogens with zero attached hydrogens (tertiary/aromatic N) is 1. The number of carbonyl (C=O) groups excluding carboxylic acids is 2. The maximum atomic E-state index is 12.3. The van der Waals surface area contributed by atoms with Crippen LogP contribution in [0.15, 0.2) is 24.8 Å². The summed E-state index contributed by atoms with van der Waals surface area (Å²) in [7, 11) is 0. The lowest BCUT2D eigenvalue weighted by Gasteiger charge is -2.20. The summed E-state index contributed by atoms with van der Waals surface area (Å²) < 4.78 is 0. The first kappa shape index (κ1) is 9.63. The smallest absolute Gasteiger partial charge is 0.234 e. The van der Waals surface area contributed by atoms with Crippen LogP contribution in [-0.4, -0.2) is 23.3 Å². The number of rotatable bonds is 2. The van der Waals surface area contributed by atoms with Crippen LogP contribution in [0.25, 0.3) is 0 Å². The van der Waals surface area contributed by atoms with Crippen LogP contribution in [0.4, 0.5) is 0 Å². The molecule has 17 heavy (non-hydrogen) atoms. The molecule has 0 aromatic rings. The second-order valence-corrected chi connectivity index (χ2v) is 5.80. The zero-order valence-corrected chi connectivity index (χ0v) is 9.63. The number of allylic oxidation sites excluding steroid dienone is 2. The molecule has 0 aromatic heterocycles. The van der Waals surface area contributed by atoms with E-state index in [4.69, 9.17) is 0 Å². The number of hydrogen-bond acceptors (Lipinski definition) is 2. The molecule has 1 aliphatic heterocycles. The second-order valence-electron chi connectivity index (χ2n) is 5.80. The number of fused-ring (bicyclic) bond motifs is 3. The quantitative estimate of drug-likeness (QED) is 0.530. The molecule has 4 atom stereocenters. The van der Waals surface area contributed by atoms with Crippen LogP contribution >= 0.6 is 0 Å². The van der Waals surface area contributed by atoms with E-state index in [1.54, 1.807) is 6.08 Å². The summed E-state index contributed by atoms with van der Waals surface area (Å²) in [6, 6.07) is 0. The monoisotopic (exact) mass is 229 g/mol. The van der Waals surface area contributed by atoms with Crippen molar-refractivity contribution in [1.82, 2.24) is 4.90 Å². The third kappa shape index (κ3) is 0.874. The topological polar surface area (TPSA) is 37.4 Å². The van der Waals surface area contributed by atoms with Crippen molar-refractivity contribution in [3.05, 3.63) is 24.8 Å². The Morgan fingerprint density at radius 1 is 1.24 bits per heavy atom. The predicted octanol–water partition coefficient (Wildman–Crippen LogP) is 1.37. The van der Waals surface area contributed by atoms with Crippen LogP contribution < -0.4 is 0 Å². The van der Waals surface area contributed by atoms with Gasteiger partial charge in [0.25, 0.3) is 0 Å². The first-order valence-corrected chi connectivity index (χ1v) is 6.35. The van der Waals surface area contributed by atoms with Gasteiger partial charge >= 0.3 is 0 Å². The first-order chi connectivity index (χ1) is 8.20. The Labute approximate surface area is 100 Å². The Hall–Kier alpha value is -1.38. The first-order valence-electron chi connectivity index (χ1n) is 6.35. The second kappa shape index (κ2) is 2.71. The summed E-state index contributed by atoms with van der Waals surface area (Å²) in [6.07, 6.45) is 8.43. The molecular weight excluding hydrogens is 214 g/mol. The minimum Gasteiger partial charge on any atom is -0.278 e. The summed E-state index contributed by atoms with van der Waals surface area (Å²) in [5, 5.41) is 0. The summed E-state index contributed by atoms with van der Waals surface area (Å²) in [5.74, 6) is 0.651. The Balaban J connectivity index is 1.76. The van der Waals surface area contributed by atoms with E-state index in [1.807, 2.05) is 0 Å². The van der Waals surface area contributed by atoms with Gasteiger partial charge in [-0.3, -0.25) is 14.5 Å². The molecule has 0 N–H and O–H groups in total. The standard InChI is InChI=1S/C14H15NO2/c1-2-7-15-12(16)10-8-3-4-9(11(10)13(15)17)14(8)5-6-14/h2-4,8-11H,1,5-7H2/t8-,9+,10+,11-. The van der Waals surface area contributed by atoms with Crippen LogP contribution in [0.1, 0.15) is 12.8 Å². The maximum Gasteiger partial charge on any atom is 0.234 e. The summed E-state index contributed by atoms with van der Waals surface area (Å²) >= 11 is 0. The van der Waals surface area contributed by atoms with Crippen LogP contribution in [0, 0.1) is 29.1 Å². The molecule has 4 rings (SSSR count). The highest BCUT2D eigenvalue weighted by atomic mass is 16.2. The van der Waals surface area contributed by atoms with E-state index in [0.717, 1.165) is 0 Å². The van der Waals surface area contributed by atoms with Gasteiger partial charge in [0.05, 0.1) is 11.8 Å². The minimum atomic E-state index is -0.0556. The lowest BCUT2D eigenvalue weighted by atomic mass is 9.85. The van der Waals surface area contributed by atoms with Crippen LogP contribution in [0.3, 0.4) is 0 Å². The number of likely N-dealkylation sites (tertiary alicyclic amines) is 1. The molecule has 3 nitrogen and oxygen atoms in total. The van der Waals surface area contributed by atoms with E-state index in [9.17, 15) is 9.59 Å². The molecule has 4 aliphatic rings. The van der Waals surface area contributed by atoms with Crippen molar-refractivity contribution in [2.45, 2.75) is 12.8 Å². The highest BCUT2D eigenvalue weighted by molar-refractivity contribution is 6.06. The Morgan fingerprint density at radius 2 is 1.76 bits per heavy atom. The molecule has 1 saturated heterocycles. The highest BCUT2D eigenvalue weighted by Crippen LogP contribution is 2.73. The van der Waals surface area contributed by atoms with Crippen molar-refractivity contribution in [3.8, 4) is 0 Å². The molecule has 3 aliphatic carbocycles. The van der Waals surface area contributed by atoms with E-state index in [2.05, 4.69) is 18.7 Å². The third-order valence-corrected chi connectivity index (χ3v) is 5.26. The molecule has 1 heterocycles. The molecule has 88 valence electrons. The zero-order valence-electron chi connectivity index (χ0n) is 9.63. The van der Waals surface area contributed by atoms with Gasteiger partial charge in [0, 0.05) is 6.54 Å². The number of amides is 2. The lowest BCUT2D eigenvalue weighted by Crippen LogP contribution is -2.34. The Morgan fingerprint density at radius 3 is 2.18 bits per heavy atom. The number of hydrogen-bond donors (Lipinski definition) is 0. The molecule has 0 unspecified atom stereocenters. The Kier molecular flexibility index (Phi) is 1.54. The fraction of sp³-hybridized carbons (Fsp3) is 0.571. The lowest BCUT2D eigenvalue weighted by molar-refractivity contribution is -0.140. The van der Waals surface area contributed by atoms with Crippen molar-refractivity contribution in [3.63, 3.8) is 0 Å².